The van der Waals surface area contributed by atoms with E-state index in [1.165, 1.54) is 13.1 Å². The Morgan fingerprint density at radius 1 is 1.10 bits per heavy atom. The second kappa shape index (κ2) is 5.75. The molecule has 0 aromatic heterocycles. The number of aryl methyl sites for hydroxylation is 1. The van der Waals surface area contributed by atoms with Crippen LogP contribution in [0, 0.1) is 6.92 Å². The maximum absolute atomic E-state index is 11.9. The molecule has 0 bridgehead atoms. The summed E-state index contributed by atoms with van der Waals surface area (Å²) in [6.07, 6.45) is 0. The lowest BCUT2D eigenvalue weighted by Crippen LogP contribution is -2.19. The Kier molecular flexibility index (Phi) is 4.20. The number of nitrogen functional groups attached to an aromatic ring is 1. The number of benzene rings is 2. The number of nitrogens with two attached hydrogens (primary N) is 1. The van der Waals surface area contributed by atoms with Gasteiger partial charge in [-0.05, 0) is 44.3 Å². The van der Waals surface area contributed by atoms with Crippen LogP contribution in [0.25, 0.3) is 0 Å². The second-order valence-electron chi connectivity index (χ2n) is 4.82. The molecule has 0 saturated heterocycles. The van der Waals surface area contributed by atoms with Crippen LogP contribution in [0.1, 0.15) is 5.56 Å². The summed E-state index contributed by atoms with van der Waals surface area (Å²) < 4.78 is 26.1. The highest BCUT2D eigenvalue weighted by Gasteiger charge is 2.15. The fourth-order valence-corrected chi connectivity index (χ4v) is 2.76. The van der Waals surface area contributed by atoms with Crippen LogP contribution in [0.2, 0.25) is 0 Å². The Morgan fingerprint density at radius 2 is 1.71 bits per heavy atom. The van der Waals surface area contributed by atoms with Crippen molar-refractivity contribution in [2.24, 2.45) is 0 Å². The van der Waals surface area contributed by atoms with Gasteiger partial charge in [-0.3, -0.25) is 0 Å². The van der Waals surface area contributed by atoms with E-state index in [0.29, 0.717) is 11.4 Å². The predicted octanol–water partition coefficient (Wildman–Crippen LogP) is 2.25. The van der Waals surface area contributed by atoms with Gasteiger partial charge in [0.15, 0.2) is 0 Å². The summed E-state index contributed by atoms with van der Waals surface area (Å²) in [6, 6.07) is 12.6. The summed E-state index contributed by atoms with van der Waals surface area (Å²) in [5.41, 5.74) is 9.25. The van der Waals surface area contributed by atoms with Crippen molar-refractivity contribution in [3.8, 4) is 0 Å². The molecular weight excluding hydrogens is 286 g/mol. The van der Waals surface area contributed by atoms with Crippen LogP contribution in [0.15, 0.2) is 47.4 Å². The van der Waals surface area contributed by atoms with E-state index in [-0.39, 0.29) is 4.90 Å². The maximum Gasteiger partial charge on any atom is 0.240 e. The van der Waals surface area contributed by atoms with Crippen LogP contribution in [-0.4, -0.2) is 22.5 Å². The zero-order valence-electron chi connectivity index (χ0n) is 12.3. The molecule has 2 rings (SSSR count). The highest BCUT2D eigenvalue weighted by molar-refractivity contribution is 7.89. The highest BCUT2D eigenvalue weighted by atomic mass is 32.2. The minimum Gasteiger partial charge on any atom is -0.397 e. The van der Waals surface area contributed by atoms with Gasteiger partial charge in [0, 0.05) is 12.7 Å². The molecule has 112 valence electrons. The molecule has 3 N–H and O–H groups in total. The molecule has 5 nitrogen and oxygen atoms in total. The Balaban J connectivity index is 2.48. The van der Waals surface area contributed by atoms with Gasteiger partial charge in [0.25, 0.3) is 0 Å². The van der Waals surface area contributed by atoms with Crippen LogP contribution in [0.4, 0.5) is 17.1 Å². The topological polar surface area (TPSA) is 75.4 Å². The van der Waals surface area contributed by atoms with Gasteiger partial charge in [-0.25, -0.2) is 13.1 Å². The lowest BCUT2D eigenvalue weighted by Gasteiger charge is -2.22. The van der Waals surface area contributed by atoms with Crippen molar-refractivity contribution in [2.75, 3.05) is 24.7 Å². The Hall–Kier alpha value is -2.05. The molecule has 0 aliphatic carbocycles. The largest absolute Gasteiger partial charge is 0.397 e. The van der Waals surface area contributed by atoms with E-state index in [9.17, 15) is 8.42 Å². The summed E-state index contributed by atoms with van der Waals surface area (Å²) in [5, 5.41) is 0. The van der Waals surface area contributed by atoms with Crippen molar-refractivity contribution in [3.05, 3.63) is 48.0 Å². The van der Waals surface area contributed by atoms with Gasteiger partial charge in [-0.2, -0.15) is 0 Å². The van der Waals surface area contributed by atoms with E-state index < -0.39 is 10.0 Å². The van der Waals surface area contributed by atoms with E-state index in [1.54, 1.807) is 12.1 Å². The highest BCUT2D eigenvalue weighted by Crippen LogP contribution is 2.31. The molecule has 2 aromatic rings. The molecule has 6 heteroatoms. The number of hydrogen-bond donors (Lipinski definition) is 2. The smallest absolute Gasteiger partial charge is 0.240 e. The fraction of sp³-hybridized carbons (Fsp3) is 0.200. The second-order valence-corrected chi connectivity index (χ2v) is 6.71. The molecule has 0 fully saturated rings. The molecule has 0 heterocycles. The average molecular weight is 305 g/mol. The van der Waals surface area contributed by atoms with Crippen molar-refractivity contribution in [1.82, 2.24) is 4.72 Å². The van der Waals surface area contributed by atoms with Gasteiger partial charge >= 0.3 is 0 Å². The van der Waals surface area contributed by atoms with Crippen molar-refractivity contribution < 1.29 is 8.42 Å². The van der Waals surface area contributed by atoms with Crippen LogP contribution in [0.5, 0.6) is 0 Å². The summed E-state index contributed by atoms with van der Waals surface area (Å²) >= 11 is 0. The molecule has 0 unspecified atom stereocenters. The Bertz CT molecular complexity index is 740. The number of nitrogens with one attached hydrogen (secondary N) is 1. The number of sulfonamides is 1. The third-order valence-electron chi connectivity index (χ3n) is 3.36. The molecule has 0 spiro atoms. The molecule has 2 aromatic carbocycles. The van der Waals surface area contributed by atoms with Crippen LogP contribution in [-0.2, 0) is 10.0 Å². The zero-order chi connectivity index (χ0) is 15.6. The lowest BCUT2D eigenvalue weighted by atomic mass is 10.2. The minimum atomic E-state index is -3.49. The zero-order valence-corrected chi connectivity index (χ0v) is 13.1. The first kappa shape index (κ1) is 15.3. The summed E-state index contributed by atoms with van der Waals surface area (Å²) in [6.45, 7) is 2.01. The molecule has 0 aliphatic rings. The summed E-state index contributed by atoms with van der Waals surface area (Å²) in [4.78, 5) is 2.05. The fourth-order valence-electron chi connectivity index (χ4n) is 2.01. The third kappa shape index (κ3) is 3.17. The summed E-state index contributed by atoms with van der Waals surface area (Å²) in [7, 11) is -0.255. The van der Waals surface area contributed by atoms with Gasteiger partial charge in [0.1, 0.15) is 0 Å². The van der Waals surface area contributed by atoms with Crippen molar-refractivity contribution >= 4 is 27.1 Å². The molecule has 0 aliphatic heterocycles. The van der Waals surface area contributed by atoms with Gasteiger partial charge in [0.2, 0.25) is 10.0 Å². The first-order chi connectivity index (χ1) is 9.85. The lowest BCUT2D eigenvalue weighted by molar-refractivity contribution is 0.588. The van der Waals surface area contributed by atoms with Crippen LogP contribution >= 0.6 is 0 Å². The van der Waals surface area contributed by atoms with Crippen molar-refractivity contribution in [1.29, 1.82) is 0 Å². The maximum atomic E-state index is 11.9. The van der Waals surface area contributed by atoms with Gasteiger partial charge in [-0.1, -0.05) is 17.7 Å². The Labute approximate surface area is 125 Å². The molecule has 0 saturated carbocycles. The third-order valence-corrected chi connectivity index (χ3v) is 4.78. The van der Waals surface area contributed by atoms with Crippen LogP contribution < -0.4 is 15.4 Å². The van der Waals surface area contributed by atoms with Gasteiger partial charge in [0.05, 0.1) is 16.3 Å². The average Bonchev–Trinajstić information content (AvgIpc) is 2.47. The number of hydrogen-bond acceptors (Lipinski definition) is 4. The number of rotatable bonds is 4. The Morgan fingerprint density at radius 3 is 2.29 bits per heavy atom. The van der Waals surface area contributed by atoms with Gasteiger partial charge < -0.3 is 10.6 Å². The van der Waals surface area contributed by atoms with E-state index in [4.69, 9.17) is 5.73 Å². The van der Waals surface area contributed by atoms with Crippen LogP contribution in [0.3, 0.4) is 0 Å². The predicted molar refractivity (Wildman–Crippen MR) is 86.3 cm³/mol. The molecule has 0 amide bonds. The first-order valence-corrected chi connectivity index (χ1v) is 7.97. The van der Waals surface area contributed by atoms with E-state index in [1.807, 2.05) is 43.1 Å². The summed E-state index contributed by atoms with van der Waals surface area (Å²) in [5.74, 6) is 0. The monoisotopic (exact) mass is 305 g/mol. The number of anilines is 3. The van der Waals surface area contributed by atoms with Gasteiger partial charge in [-0.15, -0.1) is 0 Å². The number of nitrogens with zero attached hydrogens (tertiary/aromatic N) is 1. The minimum absolute atomic E-state index is 0.188. The van der Waals surface area contributed by atoms with Crippen molar-refractivity contribution in [3.63, 3.8) is 0 Å². The van der Waals surface area contributed by atoms with E-state index in [2.05, 4.69) is 4.72 Å². The van der Waals surface area contributed by atoms with E-state index in [0.717, 1.165) is 11.3 Å². The SMILES string of the molecule is CNS(=O)(=O)c1ccc(N)c(N(C)c2ccc(C)cc2)c1. The quantitative estimate of drug-likeness (QED) is 0.850. The molecular formula is C15H19N3O2S. The molecule has 0 radical (unpaired) electrons. The normalized spacial score (nSPS) is 11.4. The molecule has 21 heavy (non-hydrogen) atoms. The first-order valence-electron chi connectivity index (χ1n) is 6.48. The standard InChI is InChI=1S/C15H19N3O2S/c1-11-4-6-12(7-5-11)18(3)15-10-13(8-9-14(15)16)21(19,20)17-2/h4-10,17H,16H2,1-3H3. The van der Waals surface area contributed by atoms with E-state index >= 15 is 0 Å². The molecule has 0 atom stereocenters. The van der Waals surface area contributed by atoms with Crippen molar-refractivity contribution in [2.45, 2.75) is 11.8 Å².